The van der Waals surface area contributed by atoms with Gasteiger partial charge in [0.2, 0.25) is 0 Å². The molecule has 5 nitrogen and oxygen atoms in total. The summed E-state index contributed by atoms with van der Waals surface area (Å²) in [6, 6.07) is 0. The molecule has 0 radical (unpaired) electrons. The second-order valence-electron chi connectivity index (χ2n) is 5.41. The zero-order chi connectivity index (χ0) is 14.3. The summed E-state index contributed by atoms with van der Waals surface area (Å²) < 4.78 is 58.9. The van der Waals surface area contributed by atoms with Crippen LogP contribution in [0.5, 0.6) is 0 Å². The molecular formula is C11H17F2NaO5S. The first-order valence-corrected chi connectivity index (χ1v) is 7.63. The van der Waals surface area contributed by atoms with Gasteiger partial charge in [0.25, 0.3) is 0 Å². The average molecular weight is 322 g/mol. The number of carbonyl (C=O) groups is 1. The maximum absolute atomic E-state index is 12.8. The van der Waals surface area contributed by atoms with Crippen LogP contribution in [-0.2, 0) is 19.6 Å². The van der Waals surface area contributed by atoms with E-state index in [9.17, 15) is 22.0 Å². The maximum Gasteiger partial charge on any atom is 1.00 e. The van der Waals surface area contributed by atoms with E-state index in [1.165, 1.54) is 0 Å². The average Bonchev–Trinajstić information content (AvgIpc) is 2.86. The normalized spacial score (nSPS) is 29.1. The topological polar surface area (TPSA) is 80.7 Å². The van der Waals surface area contributed by atoms with E-state index in [0.717, 1.165) is 25.7 Å². The SMILES string of the molecule is O=C(CC1CC2CCC1C2)OCC(F)(F)S(=O)(=O)O.[H-].[Na+]. The number of alkyl halides is 2. The molecule has 2 rings (SSSR count). The van der Waals surface area contributed by atoms with Gasteiger partial charge in [-0.2, -0.15) is 17.2 Å². The molecule has 20 heavy (non-hydrogen) atoms. The van der Waals surface area contributed by atoms with Gasteiger partial charge in [-0.1, -0.05) is 6.42 Å². The van der Waals surface area contributed by atoms with Crippen LogP contribution in [0.1, 0.15) is 33.5 Å². The van der Waals surface area contributed by atoms with Crippen molar-refractivity contribution in [3.63, 3.8) is 0 Å². The van der Waals surface area contributed by atoms with Crippen molar-refractivity contribution in [1.82, 2.24) is 0 Å². The molecule has 2 bridgehead atoms. The van der Waals surface area contributed by atoms with Gasteiger partial charge >= 0.3 is 50.9 Å². The smallest absolute Gasteiger partial charge is 1.00 e. The van der Waals surface area contributed by atoms with Crippen molar-refractivity contribution in [1.29, 1.82) is 0 Å². The van der Waals surface area contributed by atoms with Crippen molar-refractivity contribution >= 4 is 16.1 Å². The molecule has 2 saturated carbocycles. The molecule has 3 unspecified atom stereocenters. The van der Waals surface area contributed by atoms with Crippen LogP contribution >= 0.6 is 0 Å². The number of rotatable bonds is 5. The number of halogens is 2. The van der Waals surface area contributed by atoms with Crippen LogP contribution in [0, 0.1) is 17.8 Å². The molecule has 3 atom stereocenters. The number of ether oxygens (including phenoxy) is 1. The van der Waals surface area contributed by atoms with Crippen LogP contribution in [-0.4, -0.2) is 30.8 Å². The van der Waals surface area contributed by atoms with Crippen LogP contribution in [0.15, 0.2) is 0 Å². The maximum atomic E-state index is 12.8. The summed E-state index contributed by atoms with van der Waals surface area (Å²) >= 11 is 0. The van der Waals surface area contributed by atoms with Crippen molar-refractivity contribution < 1.29 is 62.3 Å². The monoisotopic (exact) mass is 322 g/mol. The summed E-state index contributed by atoms with van der Waals surface area (Å²) in [7, 11) is -5.54. The summed E-state index contributed by atoms with van der Waals surface area (Å²) in [4.78, 5) is 11.4. The Morgan fingerprint density at radius 2 is 2.00 bits per heavy atom. The molecule has 0 heterocycles. The van der Waals surface area contributed by atoms with Gasteiger partial charge in [-0.15, -0.1) is 0 Å². The van der Waals surface area contributed by atoms with Crippen molar-refractivity contribution in [2.45, 2.75) is 37.4 Å². The van der Waals surface area contributed by atoms with E-state index in [1.807, 2.05) is 0 Å². The van der Waals surface area contributed by atoms with E-state index in [1.54, 1.807) is 0 Å². The second-order valence-corrected chi connectivity index (χ2v) is 6.96. The molecule has 0 aromatic heterocycles. The Labute approximate surface area is 140 Å². The van der Waals surface area contributed by atoms with E-state index in [4.69, 9.17) is 4.55 Å². The molecule has 0 aromatic carbocycles. The van der Waals surface area contributed by atoms with E-state index >= 15 is 0 Å². The molecule has 0 saturated heterocycles. The molecule has 0 spiro atoms. The van der Waals surface area contributed by atoms with E-state index in [0.29, 0.717) is 11.8 Å². The fourth-order valence-corrected chi connectivity index (χ4v) is 3.35. The Bertz CT molecular complexity index is 473. The first-order chi connectivity index (χ1) is 8.69. The molecule has 2 aliphatic rings. The van der Waals surface area contributed by atoms with E-state index in [-0.39, 0.29) is 43.3 Å². The molecule has 1 N–H and O–H groups in total. The fourth-order valence-electron chi connectivity index (χ4n) is 3.14. The summed E-state index contributed by atoms with van der Waals surface area (Å²) in [5, 5.41) is -4.45. The van der Waals surface area contributed by atoms with Gasteiger partial charge in [0.05, 0.1) is 0 Å². The third-order valence-electron chi connectivity index (χ3n) is 4.09. The molecule has 2 fully saturated rings. The van der Waals surface area contributed by atoms with Crippen molar-refractivity contribution in [2.24, 2.45) is 17.8 Å². The van der Waals surface area contributed by atoms with Crippen LogP contribution in [0.3, 0.4) is 0 Å². The minimum Gasteiger partial charge on any atom is -1.00 e. The first kappa shape index (κ1) is 18.3. The van der Waals surface area contributed by atoms with Gasteiger partial charge < -0.3 is 6.16 Å². The molecule has 0 aromatic rings. The zero-order valence-electron chi connectivity index (χ0n) is 12.2. The van der Waals surface area contributed by atoms with Crippen molar-refractivity contribution in [3.8, 4) is 0 Å². The Morgan fingerprint density at radius 3 is 2.45 bits per heavy atom. The minimum atomic E-state index is -5.54. The van der Waals surface area contributed by atoms with E-state index < -0.39 is 27.9 Å². The number of hydrogen-bond donors (Lipinski definition) is 1. The summed E-state index contributed by atoms with van der Waals surface area (Å²) in [6.07, 6.45) is 4.26. The molecule has 9 heteroatoms. The van der Waals surface area contributed by atoms with Crippen molar-refractivity contribution in [2.75, 3.05) is 6.61 Å². The number of hydrogen-bond acceptors (Lipinski definition) is 4. The Balaban J connectivity index is 0.00000200. The number of esters is 1. The second kappa shape index (κ2) is 6.56. The molecule has 0 aliphatic heterocycles. The van der Waals surface area contributed by atoms with Crippen LogP contribution in [0.4, 0.5) is 8.78 Å². The Kier molecular flexibility index (Phi) is 6.00. The molecule has 2 aliphatic carbocycles. The third kappa shape index (κ3) is 4.13. The fraction of sp³-hybridized carbons (Fsp3) is 0.909. The standard InChI is InChI=1S/C11H16F2O5S.Na.H/c12-11(13,19(15,16)17)6-18-10(14)5-9-4-7-1-2-8(9)3-7;;/h7-9H,1-6H2,(H,15,16,17);;/q;+1;-1. The molecule has 0 amide bonds. The van der Waals surface area contributed by atoms with Gasteiger partial charge in [0.1, 0.15) is 0 Å². The van der Waals surface area contributed by atoms with Crippen molar-refractivity contribution in [3.05, 3.63) is 0 Å². The summed E-state index contributed by atoms with van der Waals surface area (Å²) in [6.45, 7) is -1.63. The third-order valence-corrected chi connectivity index (χ3v) is 4.96. The predicted molar refractivity (Wildman–Crippen MR) is 62.1 cm³/mol. The van der Waals surface area contributed by atoms with Gasteiger partial charge in [0.15, 0.2) is 6.61 Å². The quantitative estimate of drug-likeness (QED) is 0.397. The Hall–Kier alpha value is 0.240. The first-order valence-electron chi connectivity index (χ1n) is 6.19. The van der Waals surface area contributed by atoms with Gasteiger partial charge in [-0.25, -0.2) is 0 Å². The van der Waals surface area contributed by atoms with Gasteiger partial charge in [0, 0.05) is 6.42 Å². The summed E-state index contributed by atoms with van der Waals surface area (Å²) in [5.41, 5.74) is 0. The summed E-state index contributed by atoms with van der Waals surface area (Å²) in [5.74, 6) is 0.410. The van der Waals surface area contributed by atoms with Crippen LogP contribution in [0.25, 0.3) is 0 Å². The Morgan fingerprint density at radius 1 is 1.35 bits per heavy atom. The predicted octanol–water partition coefficient (Wildman–Crippen LogP) is -1.05. The zero-order valence-corrected chi connectivity index (χ0v) is 14.0. The van der Waals surface area contributed by atoms with Crippen LogP contribution in [0.2, 0.25) is 0 Å². The largest absolute Gasteiger partial charge is 1.00 e. The number of carbonyl (C=O) groups excluding carboxylic acids is 1. The van der Waals surface area contributed by atoms with E-state index in [2.05, 4.69) is 4.74 Å². The minimum absolute atomic E-state index is 0. The molecular weight excluding hydrogens is 305 g/mol. The van der Waals surface area contributed by atoms with Gasteiger partial charge in [-0.3, -0.25) is 9.35 Å². The molecule has 112 valence electrons. The van der Waals surface area contributed by atoms with Crippen LogP contribution < -0.4 is 29.6 Å². The number of fused-ring (bicyclic) bond motifs is 2. The van der Waals surface area contributed by atoms with Gasteiger partial charge in [-0.05, 0) is 37.0 Å².